The highest BCUT2D eigenvalue weighted by molar-refractivity contribution is 5.85. The van der Waals surface area contributed by atoms with E-state index in [1.54, 1.807) is 7.11 Å². The molecule has 1 aromatic carbocycles. The molecular weight excluding hydrogens is 188 g/mol. The number of aromatic amines is 1. The Morgan fingerprint density at radius 2 is 2.07 bits per heavy atom. The van der Waals surface area contributed by atoms with E-state index < -0.39 is 0 Å². The summed E-state index contributed by atoms with van der Waals surface area (Å²) in [6.45, 7) is 4.03. The minimum Gasteiger partial charge on any atom is -0.497 e. The van der Waals surface area contributed by atoms with Crippen molar-refractivity contribution in [2.75, 3.05) is 7.11 Å². The lowest BCUT2D eigenvalue weighted by Gasteiger charge is -2.02. The van der Waals surface area contributed by atoms with Gasteiger partial charge in [0.05, 0.1) is 7.11 Å². The van der Waals surface area contributed by atoms with E-state index in [2.05, 4.69) is 18.0 Å². The third-order valence-electron chi connectivity index (χ3n) is 2.65. The average molecular weight is 204 g/mol. The normalized spacial score (nSPS) is 13.1. The van der Waals surface area contributed by atoms with Crippen LogP contribution in [-0.2, 0) is 0 Å². The Balaban J connectivity index is 2.64. The number of fused-ring (bicyclic) bond motifs is 1. The van der Waals surface area contributed by atoms with Crippen LogP contribution in [0.4, 0.5) is 0 Å². The number of rotatable bonds is 2. The molecule has 0 saturated carbocycles. The van der Waals surface area contributed by atoms with E-state index in [1.807, 2.05) is 19.1 Å². The van der Waals surface area contributed by atoms with Crippen molar-refractivity contribution in [3.05, 3.63) is 29.5 Å². The van der Waals surface area contributed by atoms with Crippen LogP contribution in [0, 0.1) is 6.92 Å². The third kappa shape index (κ3) is 1.70. The molecule has 0 radical (unpaired) electrons. The first-order valence-electron chi connectivity index (χ1n) is 5.04. The van der Waals surface area contributed by atoms with Crippen LogP contribution in [0.25, 0.3) is 10.9 Å². The molecule has 0 aliphatic carbocycles. The van der Waals surface area contributed by atoms with Crippen molar-refractivity contribution in [2.45, 2.75) is 19.9 Å². The number of hydrogen-bond acceptors (Lipinski definition) is 2. The average Bonchev–Trinajstić information content (AvgIpc) is 2.61. The Morgan fingerprint density at radius 3 is 2.67 bits per heavy atom. The van der Waals surface area contributed by atoms with Crippen molar-refractivity contribution in [1.82, 2.24) is 4.98 Å². The molecule has 0 amide bonds. The summed E-state index contributed by atoms with van der Waals surface area (Å²) in [5.41, 5.74) is 9.21. The predicted octanol–water partition coefficient (Wildman–Crippen LogP) is 2.50. The molecule has 0 fully saturated rings. The maximum Gasteiger partial charge on any atom is 0.119 e. The standard InChI is InChI=1S/C12H16N2O/c1-7-4-10(15-3)5-9-6-11(8(2)13)14-12(7)9/h4-6,8,14H,13H2,1-3H3. The molecule has 0 spiro atoms. The smallest absolute Gasteiger partial charge is 0.119 e. The van der Waals surface area contributed by atoms with E-state index in [-0.39, 0.29) is 6.04 Å². The zero-order chi connectivity index (χ0) is 11.0. The Bertz CT molecular complexity index is 486. The van der Waals surface area contributed by atoms with Gasteiger partial charge < -0.3 is 15.5 Å². The quantitative estimate of drug-likeness (QED) is 0.789. The minimum atomic E-state index is 0.0304. The lowest BCUT2D eigenvalue weighted by atomic mass is 10.1. The fourth-order valence-electron chi connectivity index (χ4n) is 1.78. The van der Waals surface area contributed by atoms with E-state index >= 15 is 0 Å². The van der Waals surface area contributed by atoms with Crippen LogP contribution in [-0.4, -0.2) is 12.1 Å². The van der Waals surface area contributed by atoms with E-state index in [0.717, 1.165) is 22.3 Å². The van der Waals surface area contributed by atoms with Crippen LogP contribution in [0.15, 0.2) is 18.2 Å². The van der Waals surface area contributed by atoms with Crippen LogP contribution in [0.5, 0.6) is 5.75 Å². The topological polar surface area (TPSA) is 51.0 Å². The number of aromatic nitrogens is 1. The summed E-state index contributed by atoms with van der Waals surface area (Å²) in [6.07, 6.45) is 0. The van der Waals surface area contributed by atoms with E-state index in [0.29, 0.717) is 0 Å². The van der Waals surface area contributed by atoms with Gasteiger partial charge in [0.2, 0.25) is 0 Å². The molecule has 0 saturated heterocycles. The van der Waals surface area contributed by atoms with Crippen molar-refractivity contribution in [1.29, 1.82) is 0 Å². The SMILES string of the molecule is COc1cc(C)c2[nH]c(C(C)N)cc2c1. The second kappa shape index (κ2) is 3.59. The molecule has 0 aliphatic rings. The van der Waals surface area contributed by atoms with Gasteiger partial charge in [-0.25, -0.2) is 0 Å². The van der Waals surface area contributed by atoms with Crippen LogP contribution >= 0.6 is 0 Å². The zero-order valence-electron chi connectivity index (χ0n) is 9.29. The summed E-state index contributed by atoms with van der Waals surface area (Å²) in [5, 5.41) is 1.15. The van der Waals surface area contributed by atoms with Crippen molar-refractivity contribution in [3.8, 4) is 5.75 Å². The van der Waals surface area contributed by atoms with Crippen molar-refractivity contribution in [3.63, 3.8) is 0 Å². The van der Waals surface area contributed by atoms with Gasteiger partial charge in [-0.1, -0.05) is 0 Å². The van der Waals surface area contributed by atoms with Gasteiger partial charge in [-0.05, 0) is 37.6 Å². The Labute approximate surface area is 89.2 Å². The van der Waals surface area contributed by atoms with Crippen molar-refractivity contribution in [2.24, 2.45) is 5.73 Å². The van der Waals surface area contributed by atoms with Gasteiger partial charge in [0.25, 0.3) is 0 Å². The first-order chi connectivity index (χ1) is 7.11. The van der Waals surface area contributed by atoms with Gasteiger partial charge in [-0.3, -0.25) is 0 Å². The molecule has 3 heteroatoms. The minimum absolute atomic E-state index is 0.0304. The summed E-state index contributed by atoms with van der Waals surface area (Å²) in [4.78, 5) is 3.33. The highest BCUT2D eigenvalue weighted by Crippen LogP contribution is 2.26. The molecule has 3 N–H and O–H groups in total. The van der Waals surface area contributed by atoms with E-state index in [9.17, 15) is 0 Å². The maximum atomic E-state index is 5.84. The Morgan fingerprint density at radius 1 is 1.33 bits per heavy atom. The molecule has 15 heavy (non-hydrogen) atoms. The fraction of sp³-hybridized carbons (Fsp3) is 0.333. The van der Waals surface area contributed by atoms with Crippen LogP contribution < -0.4 is 10.5 Å². The monoisotopic (exact) mass is 204 g/mol. The van der Waals surface area contributed by atoms with E-state index in [4.69, 9.17) is 10.5 Å². The molecular formula is C12H16N2O. The van der Waals surface area contributed by atoms with Crippen molar-refractivity contribution >= 4 is 10.9 Å². The summed E-state index contributed by atoms with van der Waals surface area (Å²) in [5.74, 6) is 0.884. The molecule has 80 valence electrons. The van der Waals surface area contributed by atoms with Gasteiger partial charge in [-0.2, -0.15) is 0 Å². The third-order valence-corrected chi connectivity index (χ3v) is 2.65. The fourth-order valence-corrected chi connectivity index (χ4v) is 1.78. The number of methoxy groups -OCH3 is 1. The Kier molecular flexibility index (Phi) is 2.40. The molecule has 0 aliphatic heterocycles. The number of nitrogens with two attached hydrogens (primary N) is 1. The second-order valence-electron chi connectivity index (χ2n) is 3.92. The van der Waals surface area contributed by atoms with Gasteiger partial charge >= 0.3 is 0 Å². The Hall–Kier alpha value is -1.48. The summed E-state index contributed by atoms with van der Waals surface area (Å²) >= 11 is 0. The number of ether oxygens (including phenoxy) is 1. The number of benzene rings is 1. The molecule has 3 nitrogen and oxygen atoms in total. The van der Waals surface area contributed by atoms with Gasteiger partial charge in [0, 0.05) is 22.6 Å². The van der Waals surface area contributed by atoms with Gasteiger partial charge in [0.1, 0.15) is 5.75 Å². The molecule has 2 aromatic rings. The largest absolute Gasteiger partial charge is 0.497 e. The highest BCUT2D eigenvalue weighted by Gasteiger charge is 2.07. The van der Waals surface area contributed by atoms with Crippen LogP contribution in [0.3, 0.4) is 0 Å². The first kappa shape index (κ1) is 10.1. The maximum absolute atomic E-state index is 5.84. The first-order valence-corrected chi connectivity index (χ1v) is 5.04. The molecule has 1 atom stereocenters. The lowest BCUT2D eigenvalue weighted by Crippen LogP contribution is -2.04. The van der Waals surface area contributed by atoms with Crippen LogP contribution in [0.1, 0.15) is 24.2 Å². The predicted molar refractivity (Wildman–Crippen MR) is 62.2 cm³/mol. The summed E-state index contributed by atoms with van der Waals surface area (Å²) in [6, 6.07) is 6.15. The molecule has 0 bridgehead atoms. The lowest BCUT2D eigenvalue weighted by molar-refractivity contribution is 0.415. The van der Waals surface area contributed by atoms with Gasteiger partial charge in [-0.15, -0.1) is 0 Å². The van der Waals surface area contributed by atoms with Crippen molar-refractivity contribution < 1.29 is 4.74 Å². The molecule has 1 heterocycles. The highest BCUT2D eigenvalue weighted by atomic mass is 16.5. The summed E-state index contributed by atoms with van der Waals surface area (Å²) < 4.78 is 5.23. The number of nitrogens with one attached hydrogen (secondary N) is 1. The molecule has 1 aromatic heterocycles. The number of aryl methyl sites for hydroxylation is 1. The number of hydrogen-bond donors (Lipinski definition) is 2. The molecule has 2 rings (SSSR count). The second-order valence-corrected chi connectivity index (χ2v) is 3.92. The van der Waals surface area contributed by atoms with Crippen LogP contribution in [0.2, 0.25) is 0 Å². The van der Waals surface area contributed by atoms with E-state index in [1.165, 1.54) is 5.56 Å². The summed E-state index contributed by atoms with van der Waals surface area (Å²) in [7, 11) is 1.68. The molecule has 1 unspecified atom stereocenters. The number of H-pyrrole nitrogens is 1. The zero-order valence-corrected chi connectivity index (χ0v) is 9.29. The van der Waals surface area contributed by atoms with Gasteiger partial charge in [0.15, 0.2) is 0 Å².